The molecule has 0 aliphatic carbocycles. The molecule has 166 valence electrons. The van der Waals surface area contributed by atoms with Crippen LogP contribution in [0.1, 0.15) is 43.7 Å². The van der Waals surface area contributed by atoms with Crippen LogP contribution in [0, 0.1) is 0 Å². The second kappa shape index (κ2) is 12.1. The highest BCUT2D eigenvalue weighted by Crippen LogP contribution is 2.16. The lowest BCUT2D eigenvalue weighted by Crippen LogP contribution is -2.06. The van der Waals surface area contributed by atoms with E-state index in [1.807, 2.05) is 36.4 Å². The standard InChI is InChI=1S/C25H30O5S/c1-20(2)25(26)30-19-7-5-4-6-18-29-23-14-10-21(11-15-23)8-9-22-12-16-24(17-13-22)31(3,27)28/h8-17H,1,4-7,18-19H2,2-3H3. The first-order chi connectivity index (χ1) is 14.8. The maximum atomic E-state index is 11.5. The van der Waals surface area contributed by atoms with Crippen molar-refractivity contribution >= 4 is 28.0 Å². The number of benzene rings is 2. The number of carbonyl (C=O) groups is 1. The van der Waals surface area contributed by atoms with Crippen LogP contribution in [0.5, 0.6) is 5.75 Å². The van der Waals surface area contributed by atoms with Crippen molar-refractivity contribution in [1.82, 2.24) is 0 Å². The monoisotopic (exact) mass is 442 g/mol. The zero-order valence-corrected chi connectivity index (χ0v) is 19.0. The van der Waals surface area contributed by atoms with E-state index in [0.717, 1.165) is 42.6 Å². The van der Waals surface area contributed by atoms with Gasteiger partial charge in [-0.3, -0.25) is 0 Å². The van der Waals surface area contributed by atoms with Crippen LogP contribution in [0.3, 0.4) is 0 Å². The number of hydrogen-bond acceptors (Lipinski definition) is 5. The lowest BCUT2D eigenvalue weighted by molar-refractivity contribution is -0.139. The van der Waals surface area contributed by atoms with E-state index in [0.29, 0.717) is 23.7 Å². The number of rotatable bonds is 12. The van der Waals surface area contributed by atoms with Gasteiger partial charge in [-0.05, 0) is 68.0 Å². The minimum Gasteiger partial charge on any atom is -0.494 e. The van der Waals surface area contributed by atoms with Gasteiger partial charge in [-0.15, -0.1) is 0 Å². The Balaban J connectivity index is 1.67. The molecule has 31 heavy (non-hydrogen) atoms. The quantitative estimate of drug-likeness (QED) is 0.193. The van der Waals surface area contributed by atoms with E-state index in [9.17, 15) is 13.2 Å². The third-order valence-corrected chi connectivity index (χ3v) is 5.67. The molecule has 0 aliphatic heterocycles. The molecule has 5 nitrogen and oxygen atoms in total. The van der Waals surface area contributed by atoms with Crippen molar-refractivity contribution in [2.24, 2.45) is 0 Å². The van der Waals surface area contributed by atoms with E-state index in [1.54, 1.807) is 31.2 Å². The Hall–Kier alpha value is -2.86. The molecule has 0 aliphatic rings. The van der Waals surface area contributed by atoms with Crippen molar-refractivity contribution in [3.8, 4) is 5.75 Å². The van der Waals surface area contributed by atoms with E-state index in [4.69, 9.17) is 9.47 Å². The van der Waals surface area contributed by atoms with E-state index >= 15 is 0 Å². The van der Waals surface area contributed by atoms with Crippen molar-refractivity contribution < 1.29 is 22.7 Å². The van der Waals surface area contributed by atoms with Crippen LogP contribution < -0.4 is 4.74 Å². The molecule has 0 N–H and O–H groups in total. The smallest absolute Gasteiger partial charge is 0.333 e. The molecular formula is C25H30O5S. The molecule has 0 atom stereocenters. The van der Waals surface area contributed by atoms with E-state index < -0.39 is 9.84 Å². The first-order valence-corrected chi connectivity index (χ1v) is 12.2. The van der Waals surface area contributed by atoms with E-state index in [2.05, 4.69) is 6.58 Å². The Kier molecular flexibility index (Phi) is 9.53. The van der Waals surface area contributed by atoms with Gasteiger partial charge in [0.05, 0.1) is 18.1 Å². The second-order valence-corrected chi connectivity index (χ2v) is 9.44. The molecule has 0 unspecified atom stereocenters. The summed E-state index contributed by atoms with van der Waals surface area (Å²) in [5.74, 6) is 0.497. The fourth-order valence-corrected chi connectivity index (χ4v) is 3.36. The average Bonchev–Trinajstić information content (AvgIpc) is 2.74. The highest BCUT2D eigenvalue weighted by molar-refractivity contribution is 7.90. The van der Waals surface area contributed by atoms with Crippen molar-refractivity contribution in [3.05, 3.63) is 71.8 Å². The largest absolute Gasteiger partial charge is 0.494 e. The Morgan fingerprint density at radius 1 is 0.871 bits per heavy atom. The van der Waals surface area contributed by atoms with Gasteiger partial charge in [0.25, 0.3) is 0 Å². The molecule has 0 amide bonds. The Bertz CT molecular complexity index is 987. The molecule has 2 aromatic carbocycles. The Morgan fingerprint density at radius 2 is 1.39 bits per heavy atom. The molecule has 2 aromatic rings. The van der Waals surface area contributed by atoms with Gasteiger partial charge in [-0.2, -0.15) is 0 Å². The number of carbonyl (C=O) groups excluding carboxylic acids is 1. The maximum Gasteiger partial charge on any atom is 0.333 e. The van der Waals surface area contributed by atoms with Gasteiger partial charge in [-0.1, -0.05) is 43.0 Å². The molecule has 0 aromatic heterocycles. The van der Waals surface area contributed by atoms with E-state index in [1.165, 1.54) is 6.26 Å². The zero-order chi connectivity index (χ0) is 22.7. The Morgan fingerprint density at radius 3 is 1.90 bits per heavy atom. The summed E-state index contributed by atoms with van der Waals surface area (Å²) in [7, 11) is -3.17. The van der Waals surface area contributed by atoms with Gasteiger partial charge in [0.1, 0.15) is 5.75 Å². The fraction of sp³-hybridized carbons (Fsp3) is 0.320. The van der Waals surface area contributed by atoms with E-state index in [-0.39, 0.29) is 5.97 Å². The third kappa shape index (κ3) is 9.22. The molecule has 0 spiro atoms. The predicted octanol–water partition coefficient (Wildman–Crippen LogP) is 5.32. The third-order valence-electron chi connectivity index (χ3n) is 4.55. The van der Waals surface area contributed by atoms with Crippen molar-refractivity contribution in [2.75, 3.05) is 19.5 Å². The molecule has 0 heterocycles. The first-order valence-electron chi connectivity index (χ1n) is 10.3. The summed E-state index contributed by atoms with van der Waals surface area (Å²) in [5.41, 5.74) is 2.39. The molecule has 0 saturated heterocycles. The van der Waals surface area contributed by atoms with Gasteiger partial charge in [0, 0.05) is 11.8 Å². The predicted molar refractivity (Wildman–Crippen MR) is 125 cm³/mol. The molecule has 6 heteroatoms. The molecule has 0 bridgehead atoms. The van der Waals surface area contributed by atoms with Gasteiger partial charge < -0.3 is 9.47 Å². The average molecular weight is 443 g/mol. The molecule has 0 radical (unpaired) electrons. The SMILES string of the molecule is C=C(C)C(=O)OCCCCCCOc1ccc(C=Cc2ccc(S(C)(=O)=O)cc2)cc1. The van der Waals surface area contributed by atoms with Crippen LogP contribution in [0.4, 0.5) is 0 Å². The molecule has 0 fully saturated rings. The minimum absolute atomic E-state index is 0.317. The van der Waals surface area contributed by atoms with Crippen LogP contribution >= 0.6 is 0 Å². The second-order valence-electron chi connectivity index (χ2n) is 7.42. The number of unbranched alkanes of at least 4 members (excludes halogenated alkanes) is 3. The summed E-state index contributed by atoms with van der Waals surface area (Å²) in [6, 6.07) is 14.6. The summed E-state index contributed by atoms with van der Waals surface area (Å²) in [6.45, 7) is 6.27. The summed E-state index contributed by atoms with van der Waals surface area (Å²) in [4.78, 5) is 11.6. The zero-order valence-electron chi connectivity index (χ0n) is 18.2. The number of hydrogen-bond donors (Lipinski definition) is 0. The van der Waals surface area contributed by atoms with Crippen molar-refractivity contribution in [3.63, 3.8) is 0 Å². The molecule has 2 rings (SSSR count). The summed E-state index contributed by atoms with van der Waals surface area (Å²) >= 11 is 0. The number of esters is 1. The van der Waals surface area contributed by atoms with Crippen LogP contribution in [-0.4, -0.2) is 33.9 Å². The molecule has 0 saturated carbocycles. The normalized spacial score (nSPS) is 11.4. The topological polar surface area (TPSA) is 69.7 Å². The van der Waals surface area contributed by atoms with Crippen LogP contribution in [0.2, 0.25) is 0 Å². The van der Waals surface area contributed by atoms with Crippen LogP contribution in [0.15, 0.2) is 65.6 Å². The minimum atomic E-state index is -3.17. The summed E-state index contributed by atoms with van der Waals surface area (Å²) < 4.78 is 33.8. The molecular weight excluding hydrogens is 412 g/mol. The van der Waals surface area contributed by atoms with Crippen LogP contribution in [-0.2, 0) is 19.4 Å². The summed E-state index contributed by atoms with van der Waals surface area (Å²) in [5, 5.41) is 0. The first kappa shape index (κ1) is 24.4. The lowest BCUT2D eigenvalue weighted by Gasteiger charge is -2.07. The van der Waals surface area contributed by atoms with Gasteiger partial charge in [0.15, 0.2) is 9.84 Å². The lowest BCUT2D eigenvalue weighted by atomic mass is 10.1. The van der Waals surface area contributed by atoms with Crippen LogP contribution in [0.25, 0.3) is 12.2 Å². The van der Waals surface area contributed by atoms with Gasteiger partial charge in [-0.25, -0.2) is 13.2 Å². The Labute approximate surface area is 185 Å². The highest BCUT2D eigenvalue weighted by atomic mass is 32.2. The highest BCUT2D eigenvalue weighted by Gasteiger charge is 2.05. The van der Waals surface area contributed by atoms with Crippen molar-refractivity contribution in [2.45, 2.75) is 37.5 Å². The fourth-order valence-electron chi connectivity index (χ4n) is 2.73. The van der Waals surface area contributed by atoms with Gasteiger partial charge >= 0.3 is 5.97 Å². The number of sulfone groups is 1. The summed E-state index contributed by atoms with van der Waals surface area (Å²) in [6.07, 6.45) is 8.91. The maximum absolute atomic E-state index is 11.5. The number of ether oxygens (including phenoxy) is 2. The van der Waals surface area contributed by atoms with Gasteiger partial charge in [0.2, 0.25) is 0 Å². The van der Waals surface area contributed by atoms with Crippen molar-refractivity contribution in [1.29, 1.82) is 0 Å².